The van der Waals surface area contributed by atoms with E-state index in [0.717, 1.165) is 18.5 Å². The van der Waals surface area contributed by atoms with Gasteiger partial charge in [-0.25, -0.2) is 4.79 Å². The number of nitrogens with zero attached hydrogens (tertiary/aromatic N) is 1. The zero-order chi connectivity index (χ0) is 23.8. The standard InChI is InChI=1S/C25H28N2O6/c1-3-13-32-24(30)18-7-9-20(10-8-18)26-22(28)16-33-25(31)19-14-23(29)27(15-19)21-11-5-17(4-2)6-12-21/h5-12,19H,3-4,13-16H2,1-2H3,(H,26,28)/t19-/m0/s1. The van der Waals surface area contributed by atoms with Crippen LogP contribution in [0.25, 0.3) is 0 Å². The highest BCUT2D eigenvalue weighted by molar-refractivity contribution is 6.00. The first kappa shape index (κ1) is 24.0. The van der Waals surface area contributed by atoms with Crippen molar-refractivity contribution >= 4 is 35.1 Å². The molecule has 1 atom stereocenters. The number of hydrogen-bond acceptors (Lipinski definition) is 6. The van der Waals surface area contributed by atoms with Gasteiger partial charge in [0, 0.05) is 24.3 Å². The third kappa shape index (κ3) is 6.41. The van der Waals surface area contributed by atoms with Crippen LogP contribution in [0.15, 0.2) is 48.5 Å². The number of carbonyl (C=O) groups is 4. The van der Waals surface area contributed by atoms with E-state index < -0.39 is 30.4 Å². The van der Waals surface area contributed by atoms with Gasteiger partial charge >= 0.3 is 11.9 Å². The Morgan fingerprint density at radius 2 is 1.70 bits per heavy atom. The summed E-state index contributed by atoms with van der Waals surface area (Å²) in [6.07, 6.45) is 1.68. The first-order chi connectivity index (χ1) is 15.9. The number of aryl methyl sites for hydroxylation is 1. The highest BCUT2D eigenvalue weighted by atomic mass is 16.5. The van der Waals surface area contributed by atoms with Crippen LogP contribution >= 0.6 is 0 Å². The monoisotopic (exact) mass is 452 g/mol. The van der Waals surface area contributed by atoms with Gasteiger partial charge in [0.2, 0.25) is 5.91 Å². The second-order valence-electron chi connectivity index (χ2n) is 7.79. The van der Waals surface area contributed by atoms with Crippen LogP contribution in [0.3, 0.4) is 0 Å². The Morgan fingerprint density at radius 3 is 2.33 bits per heavy atom. The fraction of sp³-hybridized carbons (Fsp3) is 0.360. The fourth-order valence-corrected chi connectivity index (χ4v) is 3.45. The summed E-state index contributed by atoms with van der Waals surface area (Å²) >= 11 is 0. The molecule has 3 rings (SSSR count). The van der Waals surface area contributed by atoms with Gasteiger partial charge in [-0.3, -0.25) is 14.4 Å². The summed E-state index contributed by atoms with van der Waals surface area (Å²) in [5, 5.41) is 2.61. The minimum absolute atomic E-state index is 0.0472. The van der Waals surface area contributed by atoms with E-state index in [9.17, 15) is 19.2 Å². The number of anilines is 2. The van der Waals surface area contributed by atoms with E-state index in [4.69, 9.17) is 9.47 Å². The van der Waals surface area contributed by atoms with E-state index in [0.29, 0.717) is 17.9 Å². The summed E-state index contributed by atoms with van der Waals surface area (Å²) in [6.45, 7) is 4.07. The van der Waals surface area contributed by atoms with Crippen LogP contribution in [-0.4, -0.2) is 43.5 Å². The molecule has 0 aliphatic carbocycles. The van der Waals surface area contributed by atoms with Crippen molar-refractivity contribution in [1.82, 2.24) is 0 Å². The maximum absolute atomic E-state index is 12.4. The lowest BCUT2D eigenvalue weighted by molar-refractivity contribution is -0.151. The SMILES string of the molecule is CCCOC(=O)c1ccc(NC(=O)COC(=O)[C@H]2CC(=O)N(c3ccc(CC)cc3)C2)cc1. The molecule has 33 heavy (non-hydrogen) atoms. The summed E-state index contributed by atoms with van der Waals surface area (Å²) in [6, 6.07) is 13.9. The minimum Gasteiger partial charge on any atom is -0.462 e. The lowest BCUT2D eigenvalue weighted by Crippen LogP contribution is -2.28. The first-order valence-electron chi connectivity index (χ1n) is 11.0. The largest absolute Gasteiger partial charge is 0.462 e. The number of ether oxygens (including phenoxy) is 2. The maximum Gasteiger partial charge on any atom is 0.338 e. The average molecular weight is 453 g/mol. The number of esters is 2. The van der Waals surface area contributed by atoms with E-state index in [1.165, 1.54) is 5.56 Å². The Kier molecular flexibility index (Phi) is 8.18. The molecule has 1 heterocycles. The molecule has 0 spiro atoms. The van der Waals surface area contributed by atoms with E-state index in [1.807, 2.05) is 31.2 Å². The quantitative estimate of drug-likeness (QED) is 0.586. The van der Waals surface area contributed by atoms with Gasteiger partial charge in [0.15, 0.2) is 6.61 Å². The van der Waals surface area contributed by atoms with Gasteiger partial charge in [-0.05, 0) is 54.8 Å². The molecule has 8 nitrogen and oxygen atoms in total. The molecule has 0 saturated carbocycles. The number of benzene rings is 2. The number of hydrogen-bond donors (Lipinski definition) is 1. The van der Waals surface area contributed by atoms with E-state index in [1.54, 1.807) is 29.2 Å². The number of carbonyl (C=O) groups excluding carboxylic acids is 4. The summed E-state index contributed by atoms with van der Waals surface area (Å²) in [4.78, 5) is 50.3. The van der Waals surface area contributed by atoms with Gasteiger partial charge in [0.1, 0.15) is 0 Å². The number of nitrogens with one attached hydrogen (secondary N) is 1. The Bertz CT molecular complexity index is 1000. The summed E-state index contributed by atoms with van der Waals surface area (Å²) < 4.78 is 10.2. The molecular weight excluding hydrogens is 424 g/mol. The van der Waals surface area contributed by atoms with Crippen molar-refractivity contribution < 1.29 is 28.7 Å². The summed E-state index contributed by atoms with van der Waals surface area (Å²) in [5.74, 6) is -2.29. The molecule has 1 N–H and O–H groups in total. The average Bonchev–Trinajstić information content (AvgIpc) is 3.23. The molecule has 0 aromatic heterocycles. The second kappa shape index (κ2) is 11.3. The molecule has 2 aromatic carbocycles. The second-order valence-corrected chi connectivity index (χ2v) is 7.79. The predicted octanol–water partition coefficient (Wildman–Crippen LogP) is 3.35. The van der Waals surface area contributed by atoms with Gasteiger partial charge in [-0.1, -0.05) is 26.0 Å². The zero-order valence-electron chi connectivity index (χ0n) is 18.8. The van der Waals surface area contributed by atoms with E-state index >= 15 is 0 Å². The predicted molar refractivity (Wildman–Crippen MR) is 123 cm³/mol. The van der Waals surface area contributed by atoms with Crippen molar-refractivity contribution in [3.8, 4) is 0 Å². The Hall–Kier alpha value is -3.68. The fourth-order valence-electron chi connectivity index (χ4n) is 3.45. The Labute approximate surface area is 192 Å². The molecule has 1 saturated heterocycles. The minimum atomic E-state index is -0.621. The molecule has 1 aliphatic rings. The molecule has 0 radical (unpaired) electrons. The molecule has 2 aromatic rings. The Balaban J connectivity index is 1.46. The number of amides is 2. The van der Waals surface area contributed by atoms with Crippen LogP contribution < -0.4 is 10.2 Å². The van der Waals surface area contributed by atoms with E-state index in [2.05, 4.69) is 12.2 Å². The molecule has 174 valence electrons. The van der Waals surface area contributed by atoms with Crippen LogP contribution in [0.1, 0.15) is 42.6 Å². The zero-order valence-corrected chi connectivity index (χ0v) is 18.8. The molecule has 0 unspecified atom stereocenters. The maximum atomic E-state index is 12.4. The smallest absolute Gasteiger partial charge is 0.338 e. The molecule has 1 aliphatic heterocycles. The van der Waals surface area contributed by atoms with Gasteiger partial charge in [0.05, 0.1) is 18.1 Å². The first-order valence-corrected chi connectivity index (χ1v) is 11.0. The van der Waals surface area contributed by atoms with Crippen LogP contribution in [0.2, 0.25) is 0 Å². The lowest BCUT2D eigenvalue weighted by Gasteiger charge is -2.17. The van der Waals surface area contributed by atoms with Crippen LogP contribution in [0, 0.1) is 5.92 Å². The molecule has 2 amide bonds. The number of rotatable bonds is 9. The van der Waals surface area contributed by atoms with Crippen molar-refractivity contribution in [2.24, 2.45) is 5.92 Å². The van der Waals surface area contributed by atoms with E-state index in [-0.39, 0.29) is 18.9 Å². The third-order valence-electron chi connectivity index (χ3n) is 5.30. The molecule has 8 heteroatoms. The van der Waals surface area contributed by atoms with Gasteiger partial charge < -0.3 is 19.7 Å². The van der Waals surface area contributed by atoms with Crippen molar-refractivity contribution in [2.45, 2.75) is 33.1 Å². The van der Waals surface area contributed by atoms with Crippen molar-refractivity contribution in [1.29, 1.82) is 0 Å². The van der Waals surface area contributed by atoms with Crippen molar-refractivity contribution in [2.75, 3.05) is 30.0 Å². The molecule has 1 fully saturated rings. The van der Waals surface area contributed by atoms with Crippen LogP contribution in [0.4, 0.5) is 11.4 Å². The highest BCUT2D eigenvalue weighted by Crippen LogP contribution is 2.26. The van der Waals surface area contributed by atoms with Crippen LogP contribution in [-0.2, 0) is 30.3 Å². The third-order valence-corrected chi connectivity index (χ3v) is 5.30. The van der Waals surface area contributed by atoms with Gasteiger partial charge in [0.25, 0.3) is 5.91 Å². The Morgan fingerprint density at radius 1 is 1.00 bits per heavy atom. The molecule has 0 bridgehead atoms. The lowest BCUT2D eigenvalue weighted by atomic mass is 10.1. The van der Waals surface area contributed by atoms with Gasteiger partial charge in [-0.15, -0.1) is 0 Å². The van der Waals surface area contributed by atoms with Crippen LogP contribution in [0.5, 0.6) is 0 Å². The molecular formula is C25H28N2O6. The highest BCUT2D eigenvalue weighted by Gasteiger charge is 2.36. The van der Waals surface area contributed by atoms with Gasteiger partial charge in [-0.2, -0.15) is 0 Å². The normalized spacial score (nSPS) is 15.3. The van der Waals surface area contributed by atoms with Crippen molar-refractivity contribution in [3.05, 3.63) is 59.7 Å². The topological polar surface area (TPSA) is 102 Å². The van der Waals surface area contributed by atoms with Crippen molar-refractivity contribution in [3.63, 3.8) is 0 Å². The summed E-state index contributed by atoms with van der Waals surface area (Å²) in [7, 11) is 0. The summed E-state index contributed by atoms with van der Waals surface area (Å²) in [5.41, 5.74) is 2.75.